The molecule has 7 heteroatoms. The second-order valence-corrected chi connectivity index (χ2v) is 9.00. The molecule has 4 rings (SSSR count). The normalized spacial score (nSPS) is 19.2. The first-order chi connectivity index (χ1) is 14.5. The molecular formula is C23H22ClN3O2S. The van der Waals surface area contributed by atoms with Gasteiger partial charge in [-0.1, -0.05) is 30.3 Å². The van der Waals surface area contributed by atoms with Crippen LogP contribution in [0.25, 0.3) is 0 Å². The van der Waals surface area contributed by atoms with Gasteiger partial charge in [0.15, 0.2) is 10.9 Å². The molecule has 2 aliphatic rings. The number of carbonyl (C=O) groups excluding carboxylic acids is 1. The molecule has 0 amide bonds. The van der Waals surface area contributed by atoms with Gasteiger partial charge in [0, 0.05) is 34.0 Å². The number of halogens is 1. The molecule has 0 spiro atoms. The number of thioether (sulfide) groups is 1. The number of aryl methyl sites for hydroxylation is 1. The van der Waals surface area contributed by atoms with E-state index in [4.69, 9.17) is 21.8 Å². The largest absolute Gasteiger partial charge is 0.455 e. The van der Waals surface area contributed by atoms with Gasteiger partial charge in [0.2, 0.25) is 0 Å². The van der Waals surface area contributed by atoms with Crippen LogP contribution in [0.15, 0.2) is 62.5 Å². The number of rotatable bonds is 4. The molecule has 1 aromatic carbocycles. The molecule has 2 N–H and O–H groups in total. The summed E-state index contributed by atoms with van der Waals surface area (Å²) >= 11 is 7.63. The zero-order chi connectivity index (χ0) is 21.4. The molecule has 5 nitrogen and oxygen atoms in total. The van der Waals surface area contributed by atoms with Crippen LogP contribution in [-0.2, 0) is 4.79 Å². The fourth-order valence-electron chi connectivity index (χ4n) is 4.24. The molecule has 1 aliphatic heterocycles. The Morgan fingerprint density at radius 2 is 2.07 bits per heavy atom. The van der Waals surface area contributed by atoms with E-state index in [1.807, 2.05) is 36.9 Å². The molecule has 0 radical (unpaired) electrons. The summed E-state index contributed by atoms with van der Waals surface area (Å²) in [5, 5.41) is 11.5. The molecule has 154 valence electrons. The number of allylic oxidation sites excluding steroid dienone is 3. The fourth-order valence-corrected chi connectivity index (χ4v) is 5.16. The van der Waals surface area contributed by atoms with E-state index in [9.17, 15) is 10.1 Å². The number of carbonyl (C=O) groups is 1. The van der Waals surface area contributed by atoms with Gasteiger partial charge in [0.25, 0.3) is 0 Å². The molecule has 1 atom stereocenters. The van der Waals surface area contributed by atoms with Crippen molar-refractivity contribution in [1.82, 2.24) is 0 Å². The molecule has 2 aromatic rings. The maximum Gasteiger partial charge on any atom is 0.164 e. The highest BCUT2D eigenvalue weighted by Crippen LogP contribution is 2.48. The van der Waals surface area contributed by atoms with Crippen LogP contribution in [0.2, 0.25) is 5.02 Å². The van der Waals surface area contributed by atoms with Crippen molar-refractivity contribution in [3.63, 3.8) is 0 Å². The second kappa shape index (κ2) is 8.25. The van der Waals surface area contributed by atoms with Crippen LogP contribution in [0.5, 0.6) is 0 Å². The van der Waals surface area contributed by atoms with Crippen molar-refractivity contribution in [2.45, 2.75) is 44.1 Å². The lowest BCUT2D eigenvalue weighted by molar-refractivity contribution is -0.116. The summed E-state index contributed by atoms with van der Waals surface area (Å²) in [4.78, 5) is 15.0. The lowest BCUT2D eigenvalue weighted by Crippen LogP contribution is -2.38. The summed E-state index contributed by atoms with van der Waals surface area (Å²) < 4.78 is 5.90. The van der Waals surface area contributed by atoms with E-state index in [-0.39, 0.29) is 5.78 Å². The van der Waals surface area contributed by atoms with Crippen LogP contribution in [-0.4, -0.2) is 11.5 Å². The number of benzene rings is 1. The van der Waals surface area contributed by atoms with Crippen molar-refractivity contribution in [2.24, 2.45) is 5.73 Å². The highest BCUT2D eigenvalue weighted by molar-refractivity contribution is 7.99. The highest BCUT2D eigenvalue weighted by atomic mass is 35.5. The van der Waals surface area contributed by atoms with Gasteiger partial charge in [-0.3, -0.25) is 9.69 Å². The Balaban J connectivity index is 1.96. The third kappa shape index (κ3) is 3.42. The van der Waals surface area contributed by atoms with Gasteiger partial charge in [-0.15, -0.1) is 0 Å². The molecule has 0 fully saturated rings. The van der Waals surface area contributed by atoms with Crippen LogP contribution < -0.4 is 10.6 Å². The number of nitriles is 1. The number of hydrogen-bond acceptors (Lipinski definition) is 6. The minimum atomic E-state index is -0.507. The van der Waals surface area contributed by atoms with Crippen LogP contribution in [0.1, 0.15) is 43.4 Å². The van der Waals surface area contributed by atoms with Crippen molar-refractivity contribution >= 4 is 34.8 Å². The van der Waals surface area contributed by atoms with Crippen molar-refractivity contribution in [3.8, 4) is 6.07 Å². The topological polar surface area (TPSA) is 83.3 Å². The first kappa shape index (κ1) is 20.6. The number of anilines is 1. The molecule has 30 heavy (non-hydrogen) atoms. The molecule has 0 saturated carbocycles. The molecule has 1 aliphatic carbocycles. The highest BCUT2D eigenvalue weighted by Gasteiger charge is 2.41. The van der Waals surface area contributed by atoms with Gasteiger partial charge in [0.05, 0.1) is 17.6 Å². The Morgan fingerprint density at radius 1 is 1.33 bits per heavy atom. The second-order valence-electron chi connectivity index (χ2n) is 7.33. The molecule has 0 bridgehead atoms. The SMILES string of the molecule is CCSc1oc(C)cc1C1C(C#N)=C(N)N(c2ccc(Cl)cc2)C2=C1C(=O)CCC2. The fraction of sp³-hybridized carbons (Fsp3) is 0.304. The standard InChI is InChI=1S/C23H22ClN3O2S/c1-3-30-23-16(11-13(2)29-23)20-17(12-25)22(26)27(15-9-7-14(24)8-10-15)18-5-4-6-19(28)21(18)20/h7-11,20H,3-6,26H2,1-2H3. The summed E-state index contributed by atoms with van der Waals surface area (Å²) in [6, 6.07) is 11.5. The maximum absolute atomic E-state index is 13.2. The summed E-state index contributed by atoms with van der Waals surface area (Å²) in [6.45, 7) is 3.92. The lowest BCUT2D eigenvalue weighted by Gasteiger charge is -2.39. The summed E-state index contributed by atoms with van der Waals surface area (Å²) in [5.74, 6) is 1.48. The van der Waals surface area contributed by atoms with Gasteiger partial charge < -0.3 is 10.2 Å². The minimum absolute atomic E-state index is 0.0618. The Kier molecular flexibility index (Phi) is 5.68. The minimum Gasteiger partial charge on any atom is -0.455 e. The molecular weight excluding hydrogens is 418 g/mol. The van der Waals surface area contributed by atoms with E-state index in [0.717, 1.165) is 40.0 Å². The average Bonchev–Trinajstić information content (AvgIpc) is 3.08. The smallest absolute Gasteiger partial charge is 0.164 e. The maximum atomic E-state index is 13.2. The van der Waals surface area contributed by atoms with Gasteiger partial charge in [-0.25, -0.2) is 0 Å². The van der Waals surface area contributed by atoms with Gasteiger partial charge >= 0.3 is 0 Å². The number of ketones is 1. The lowest BCUT2D eigenvalue weighted by atomic mass is 9.76. The van der Waals surface area contributed by atoms with E-state index in [2.05, 4.69) is 6.07 Å². The predicted molar refractivity (Wildman–Crippen MR) is 119 cm³/mol. The van der Waals surface area contributed by atoms with Crippen LogP contribution in [0.3, 0.4) is 0 Å². The number of nitrogens with two attached hydrogens (primary N) is 1. The quantitative estimate of drug-likeness (QED) is 0.619. The molecule has 1 aromatic heterocycles. The van der Waals surface area contributed by atoms with E-state index < -0.39 is 5.92 Å². The van der Waals surface area contributed by atoms with Gasteiger partial charge in [-0.2, -0.15) is 5.26 Å². The van der Waals surface area contributed by atoms with Crippen LogP contribution >= 0.6 is 23.4 Å². The predicted octanol–water partition coefficient (Wildman–Crippen LogP) is 5.66. The van der Waals surface area contributed by atoms with Gasteiger partial charge in [0.1, 0.15) is 11.6 Å². The van der Waals surface area contributed by atoms with Crippen molar-refractivity contribution in [2.75, 3.05) is 10.7 Å². The Bertz CT molecular complexity index is 1110. The first-order valence-corrected chi connectivity index (χ1v) is 11.3. The summed E-state index contributed by atoms with van der Waals surface area (Å²) in [7, 11) is 0. The Hall–Kier alpha value is -2.62. The van der Waals surface area contributed by atoms with Gasteiger partial charge in [-0.05, 0) is 55.9 Å². The summed E-state index contributed by atoms with van der Waals surface area (Å²) in [6.07, 6.45) is 1.94. The van der Waals surface area contributed by atoms with Crippen molar-refractivity contribution in [1.29, 1.82) is 5.26 Å². The first-order valence-electron chi connectivity index (χ1n) is 9.91. The zero-order valence-corrected chi connectivity index (χ0v) is 18.4. The van der Waals surface area contributed by atoms with Crippen molar-refractivity contribution < 1.29 is 9.21 Å². The summed E-state index contributed by atoms with van der Waals surface area (Å²) in [5.41, 5.74) is 10.1. The molecule has 2 heterocycles. The number of furan rings is 1. The Labute approximate surface area is 185 Å². The van der Waals surface area contributed by atoms with E-state index in [1.54, 1.807) is 23.9 Å². The molecule has 0 saturated heterocycles. The Morgan fingerprint density at radius 3 is 2.73 bits per heavy atom. The third-order valence-corrected chi connectivity index (χ3v) is 6.55. The number of hydrogen-bond donors (Lipinski definition) is 1. The van der Waals surface area contributed by atoms with E-state index in [0.29, 0.717) is 34.8 Å². The number of Topliss-reactive ketones (excluding diaryl/α,β-unsaturated/α-hetero) is 1. The van der Waals surface area contributed by atoms with E-state index >= 15 is 0 Å². The van der Waals surface area contributed by atoms with Crippen LogP contribution in [0.4, 0.5) is 5.69 Å². The monoisotopic (exact) mass is 439 g/mol. The number of nitrogens with zero attached hydrogens (tertiary/aromatic N) is 2. The van der Waals surface area contributed by atoms with Crippen molar-refractivity contribution in [3.05, 3.63) is 69.3 Å². The van der Waals surface area contributed by atoms with Crippen LogP contribution in [0, 0.1) is 18.3 Å². The van der Waals surface area contributed by atoms with E-state index in [1.165, 1.54) is 0 Å². The average molecular weight is 440 g/mol. The third-order valence-electron chi connectivity index (χ3n) is 5.43. The zero-order valence-electron chi connectivity index (χ0n) is 16.9. The molecule has 1 unspecified atom stereocenters.